The summed E-state index contributed by atoms with van der Waals surface area (Å²) in [5.74, 6) is -1.30. The van der Waals surface area contributed by atoms with Gasteiger partial charge in [-0.15, -0.1) is 0 Å². The Hall–Kier alpha value is -4.65. The molecule has 0 saturated carbocycles. The minimum atomic E-state index is -0.941. The summed E-state index contributed by atoms with van der Waals surface area (Å²) in [7, 11) is 0. The summed E-state index contributed by atoms with van der Waals surface area (Å²) in [6.07, 6.45) is 1.79. The van der Waals surface area contributed by atoms with E-state index in [2.05, 4.69) is 29.6 Å². The number of carbonyl (C=O) groups excluding carboxylic acids is 1. The van der Waals surface area contributed by atoms with E-state index in [1.807, 2.05) is 53.4 Å². The number of benzene rings is 4. The zero-order valence-corrected chi connectivity index (χ0v) is 22.0. The Morgan fingerprint density at radius 2 is 1.73 bits per heavy atom. The Bertz CT molecular complexity index is 1710. The monoisotopic (exact) mass is 535 g/mol. The maximum atomic E-state index is 14.4. The van der Waals surface area contributed by atoms with Crippen LogP contribution in [0.5, 0.6) is 0 Å². The number of halogens is 1. The molecule has 2 amide bonds. The molecule has 1 atom stereocenters. The molecule has 0 saturated heterocycles. The topological polar surface area (TPSA) is 74.6 Å². The van der Waals surface area contributed by atoms with Crippen LogP contribution in [0.15, 0.2) is 91.0 Å². The number of carboxylic acid groups (broad SMARTS) is 1. The number of hydrogen-bond donors (Lipinski definition) is 2. The molecule has 0 fully saturated rings. The SMILES string of the molecule is O=C(O)Cn1c2c(c3cc(F)ccc31)CC(N(Cc1cccc3ccccc13)C(=O)NCc1ccccc1)CC2. The first-order valence-corrected chi connectivity index (χ1v) is 13.5. The lowest BCUT2D eigenvalue weighted by Gasteiger charge is -2.35. The van der Waals surface area contributed by atoms with Gasteiger partial charge in [0.25, 0.3) is 0 Å². The second-order valence-electron chi connectivity index (χ2n) is 10.4. The maximum absolute atomic E-state index is 14.4. The third-order valence-corrected chi connectivity index (χ3v) is 7.90. The second kappa shape index (κ2) is 10.8. The molecule has 0 spiro atoms. The molecule has 1 aliphatic carbocycles. The van der Waals surface area contributed by atoms with Gasteiger partial charge in [0.1, 0.15) is 12.4 Å². The molecule has 2 N–H and O–H groups in total. The van der Waals surface area contributed by atoms with Gasteiger partial charge in [-0.3, -0.25) is 4.79 Å². The highest BCUT2D eigenvalue weighted by Crippen LogP contribution is 2.35. The first-order valence-electron chi connectivity index (χ1n) is 13.5. The number of aliphatic carboxylic acids is 1. The van der Waals surface area contributed by atoms with Crippen molar-refractivity contribution in [3.8, 4) is 0 Å². The minimum absolute atomic E-state index is 0.144. The lowest BCUT2D eigenvalue weighted by molar-refractivity contribution is -0.137. The third-order valence-electron chi connectivity index (χ3n) is 7.90. The molecule has 6 rings (SSSR count). The summed E-state index contributed by atoms with van der Waals surface area (Å²) in [5, 5.41) is 15.6. The normalized spacial score (nSPS) is 14.7. The molecule has 1 aromatic heterocycles. The Balaban J connectivity index is 1.36. The molecule has 5 aromatic rings. The van der Waals surface area contributed by atoms with E-state index in [0.717, 1.165) is 38.5 Å². The highest BCUT2D eigenvalue weighted by molar-refractivity contribution is 5.88. The number of nitrogens with zero attached hydrogens (tertiary/aromatic N) is 2. The fourth-order valence-corrected chi connectivity index (χ4v) is 6.04. The molecule has 0 radical (unpaired) electrons. The van der Waals surface area contributed by atoms with Crippen LogP contribution in [0.4, 0.5) is 9.18 Å². The van der Waals surface area contributed by atoms with Crippen molar-refractivity contribution in [1.29, 1.82) is 0 Å². The van der Waals surface area contributed by atoms with Gasteiger partial charge >= 0.3 is 12.0 Å². The van der Waals surface area contributed by atoms with Crippen molar-refractivity contribution in [3.63, 3.8) is 0 Å². The number of rotatable bonds is 7. The smallest absolute Gasteiger partial charge is 0.323 e. The quantitative estimate of drug-likeness (QED) is 0.257. The van der Waals surface area contributed by atoms with E-state index in [0.29, 0.717) is 37.9 Å². The van der Waals surface area contributed by atoms with Crippen LogP contribution in [0.25, 0.3) is 21.7 Å². The standard InChI is InChI=1S/C33H30FN3O3/c34-25-13-15-30-28(17-25)29-18-26(14-16-31(29)37(30)21-32(38)39)36(33(40)35-19-22-7-2-1-3-8-22)20-24-11-6-10-23-9-4-5-12-27(23)24/h1-13,15,17,26H,14,16,18-21H2,(H,35,40)(H,38,39). The molecule has 1 aliphatic rings. The van der Waals surface area contributed by atoms with Gasteiger partial charge in [-0.2, -0.15) is 0 Å². The van der Waals surface area contributed by atoms with Crippen LogP contribution in [0, 0.1) is 5.82 Å². The van der Waals surface area contributed by atoms with Crippen LogP contribution in [0.3, 0.4) is 0 Å². The molecule has 4 aromatic carbocycles. The Kier molecular flexibility index (Phi) is 6.95. The average Bonchev–Trinajstić information content (AvgIpc) is 3.26. The van der Waals surface area contributed by atoms with Crippen molar-refractivity contribution in [2.45, 2.75) is 44.9 Å². The average molecular weight is 536 g/mol. The molecule has 6 nitrogen and oxygen atoms in total. The van der Waals surface area contributed by atoms with Gasteiger partial charge in [-0.25, -0.2) is 9.18 Å². The van der Waals surface area contributed by atoms with Crippen molar-refractivity contribution in [3.05, 3.63) is 119 Å². The second-order valence-corrected chi connectivity index (χ2v) is 10.4. The highest BCUT2D eigenvalue weighted by atomic mass is 19.1. The fraction of sp³-hybridized carbons (Fsp3) is 0.212. The van der Waals surface area contributed by atoms with Crippen molar-refractivity contribution in [1.82, 2.24) is 14.8 Å². The van der Waals surface area contributed by atoms with Crippen molar-refractivity contribution in [2.75, 3.05) is 0 Å². The number of urea groups is 1. The summed E-state index contributed by atoms with van der Waals surface area (Å²) < 4.78 is 16.1. The predicted octanol–water partition coefficient (Wildman–Crippen LogP) is 6.29. The van der Waals surface area contributed by atoms with E-state index < -0.39 is 5.97 Å². The first-order chi connectivity index (χ1) is 19.5. The van der Waals surface area contributed by atoms with Crippen molar-refractivity contribution >= 4 is 33.7 Å². The molecule has 0 bridgehead atoms. The Labute approximate surface area is 231 Å². The van der Waals surface area contributed by atoms with Gasteiger partial charge in [-0.05, 0) is 64.9 Å². The lowest BCUT2D eigenvalue weighted by Crippen LogP contribution is -2.47. The van der Waals surface area contributed by atoms with E-state index >= 15 is 0 Å². The van der Waals surface area contributed by atoms with Gasteiger partial charge in [-0.1, -0.05) is 72.8 Å². The van der Waals surface area contributed by atoms with Crippen LogP contribution in [-0.2, 0) is 37.3 Å². The third kappa shape index (κ3) is 5.02. The fourth-order valence-electron chi connectivity index (χ4n) is 6.04. The molecular weight excluding hydrogens is 505 g/mol. The van der Waals surface area contributed by atoms with Crippen LogP contribution < -0.4 is 5.32 Å². The first kappa shape index (κ1) is 25.6. The zero-order valence-electron chi connectivity index (χ0n) is 22.0. The van der Waals surface area contributed by atoms with E-state index in [1.165, 1.54) is 12.1 Å². The van der Waals surface area contributed by atoms with Gasteiger partial charge < -0.3 is 19.9 Å². The van der Waals surface area contributed by atoms with Gasteiger partial charge in [0, 0.05) is 35.7 Å². The number of carboxylic acids is 1. The molecule has 202 valence electrons. The number of nitrogens with one attached hydrogen (secondary N) is 1. The van der Waals surface area contributed by atoms with Crippen LogP contribution >= 0.6 is 0 Å². The van der Waals surface area contributed by atoms with Crippen LogP contribution in [0.1, 0.15) is 28.8 Å². The predicted molar refractivity (Wildman–Crippen MR) is 154 cm³/mol. The molecule has 0 aliphatic heterocycles. The minimum Gasteiger partial charge on any atom is -0.480 e. The molecule has 1 heterocycles. The van der Waals surface area contributed by atoms with Crippen LogP contribution in [0.2, 0.25) is 0 Å². The zero-order chi connectivity index (χ0) is 27.6. The molecule has 7 heteroatoms. The molecule has 40 heavy (non-hydrogen) atoms. The molecule has 1 unspecified atom stereocenters. The highest BCUT2D eigenvalue weighted by Gasteiger charge is 2.32. The Morgan fingerprint density at radius 1 is 0.950 bits per heavy atom. The van der Waals surface area contributed by atoms with Gasteiger partial charge in [0.05, 0.1) is 0 Å². The number of amides is 2. The summed E-state index contributed by atoms with van der Waals surface area (Å²) in [4.78, 5) is 27.4. The van der Waals surface area contributed by atoms with E-state index in [-0.39, 0.29) is 24.4 Å². The van der Waals surface area contributed by atoms with E-state index in [4.69, 9.17) is 0 Å². The van der Waals surface area contributed by atoms with Crippen molar-refractivity contribution in [2.24, 2.45) is 0 Å². The summed E-state index contributed by atoms with van der Waals surface area (Å²) in [5.41, 5.74) is 4.61. The summed E-state index contributed by atoms with van der Waals surface area (Å²) in [6, 6.07) is 28.3. The van der Waals surface area contributed by atoms with E-state index in [1.54, 1.807) is 10.6 Å². The number of aromatic nitrogens is 1. The van der Waals surface area contributed by atoms with Gasteiger partial charge in [0.15, 0.2) is 0 Å². The molecular formula is C33H30FN3O3. The van der Waals surface area contributed by atoms with Crippen LogP contribution in [-0.4, -0.2) is 32.6 Å². The summed E-state index contributed by atoms with van der Waals surface area (Å²) in [6.45, 7) is 0.649. The van der Waals surface area contributed by atoms with E-state index in [9.17, 15) is 19.1 Å². The van der Waals surface area contributed by atoms with Gasteiger partial charge in [0.2, 0.25) is 0 Å². The maximum Gasteiger partial charge on any atom is 0.323 e. The number of fused-ring (bicyclic) bond motifs is 4. The summed E-state index contributed by atoms with van der Waals surface area (Å²) >= 11 is 0. The largest absolute Gasteiger partial charge is 0.480 e. The number of hydrogen-bond acceptors (Lipinski definition) is 2. The Morgan fingerprint density at radius 3 is 2.55 bits per heavy atom. The number of carbonyl (C=O) groups is 2. The van der Waals surface area contributed by atoms with Crippen molar-refractivity contribution < 1.29 is 19.1 Å². The lowest BCUT2D eigenvalue weighted by atomic mass is 9.90.